The van der Waals surface area contributed by atoms with Crippen molar-refractivity contribution in [2.24, 2.45) is 5.73 Å². The van der Waals surface area contributed by atoms with Gasteiger partial charge in [-0.1, -0.05) is 13.8 Å². The summed E-state index contributed by atoms with van der Waals surface area (Å²) in [7, 11) is 0. The van der Waals surface area contributed by atoms with Crippen molar-refractivity contribution in [2.45, 2.75) is 45.7 Å². The highest BCUT2D eigenvalue weighted by Crippen LogP contribution is 2.00. The monoisotopic (exact) mass is 187 g/mol. The molecule has 0 bridgehead atoms. The first-order valence-corrected chi connectivity index (χ1v) is 5.16. The largest absolute Gasteiger partial charge is 0.330 e. The zero-order valence-corrected chi connectivity index (χ0v) is 9.48. The highest BCUT2D eigenvalue weighted by molar-refractivity contribution is 4.80. The van der Waals surface area contributed by atoms with Crippen molar-refractivity contribution < 1.29 is 0 Å². The maximum Gasteiger partial charge on any atom is 0.0249 e. The second-order valence-corrected chi connectivity index (χ2v) is 4.49. The van der Waals surface area contributed by atoms with Gasteiger partial charge < -0.3 is 16.4 Å². The lowest BCUT2D eigenvalue weighted by atomic mass is 10.1. The quantitative estimate of drug-likeness (QED) is 0.514. The molecular weight excluding hydrogens is 162 g/mol. The van der Waals surface area contributed by atoms with Crippen molar-refractivity contribution in [2.75, 3.05) is 19.6 Å². The molecule has 0 aliphatic rings. The van der Waals surface area contributed by atoms with Crippen LogP contribution in [0.25, 0.3) is 0 Å². The summed E-state index contributed by atoms with van der Waals surface area (Å²) in [5, 5.41) is 6.89. The van der Waals surface area contributed by atoms with Crippen LogP contribution in [0, 0.1) is 0 Å². The van der Waals surface area contributed by atoms with Gasteiger partial charge in [0.25, 0.3) is 0 Å². The molecule has 0 aromatic carbocycles. The molecule has 0 unspecified atom stereocenters. The van der Waals surface area contributed by atoms with Crippen LogP contribution in [-0.4, -0.2) is 31.2 Å². The van der Waals surface area contributed by atoms with Gasteiger partial charge in [-0.3, -0.25) is 0 Å². The molecule has 13 heavy (non-hydrogen) atoms. The van der Waals surface area contributed by atoms with E-state index < -0.39 is 0 Å². The summed E-state index contributed by atoms with van der Waals surface area (Å²) < 4.78 is 0. The molecule has 0 radical (unpaired) electrons. The van der Waals surface area contributed by atoms with E-state index in [0.717, 1.165) is 26.1 Å². The minimum absolute atomic E-state index is 0.166. The molecule has 0 heterocycles. The van der Waals surface area contributed by atoms with Crippen molar-refractivity contribution in [1.82, 2.24) is 10.6 Å². The molecule has 0 aliphatic carbocycles. The number of hydrogen-bond acceptors (Lipinski definition) is 3. The second kappa shape index (κ2) is 6.35. The van der Waals surface area contributed by atoms with Crippen molar-refractivity contribution in [3.63, 3.8) is 0 Å². The molecule has 0 saturated heterocycles. The van der Waals surface area contributed by atoms with Gasteiger partial charge in [-0.25, -0.2) is 0 Å². The topological polar surface area (TPSA) is 50.1 Å². The molecule has 4 N–H and O–H groups in total. The summed E-state index contributed by atoms with van der Waals surface area (Å²) in [6.45, 7) is 11.5. The van der Waals surface area contributed by atoms with E-state index in [0.29, 0.717) is 6.04 Å². The highest BCUT2D eigenvalue weighted by atomic mass is 15.0. The Morgan fingerprint density at radius 3 is 2.38 bits per heavy atom. The van der Waals surface area contributed by atoms with E-state index in [-0.39, 0.29) is 5.54 Å². The third-order valence-corrected chi connectivity index (χ3v) is 1.94. The third kappa shape index (κ3) is 8.22. The van der Waals surface area contributed by atoms with Crippen LogP contribution in [0.15, 0.2) is 0 Å². The molecule has 0 atom stereocenters. The van der Waals surface area contributed by atoms with Gasteiger partial charge in [0.15, 0.2) is 0 Å². The zero-order chi connectivity index (χ0) is 10.3. The first-order chi connectivity index (χ1) is 5.98. The molecule has 0 saturated carbocycles. The van der Waals surface area contributed by atoms with Gasteiger partial charge in [0.05, 0.1) is 0 Å². The van der Waals surface area contributed by atoms with Gasteiger partial charge in [0, 0.05) is 18.1 Å². The molecular formula is C10H25N3. The Balaban J connectivity index is 3.54. The second-order valence-electron chi connectivity index (χ2n) is 4.49. The van der Waals surface area contributed by atoms with Gasteiger partial charge in [0.2, 0.25) is 0 Å². The van der Waals surface area contributed by atoms with Crippen molar-refractivity contribution in [3.05, 3.63) is 0 Å². The predicted molar refractivity (Wildman–Crippen MR) is 58.9 cm³/mol. The van der Waals surface area contributed by atoms with Gasteiger partial charge in [-0.05, 0) is 33.4 Å². The number of nitrogens with two attached hydrogens (primary N) is 1. The van der Waals surface area contributed by atoms with Crippen LogP contribution in [0.3, 0.4) is 0 Å². The highest BCUT2D eigenvalue weighted by Gasteiger charge is 2.15. The van der Waals surface area contributed by atoms with Crippen LogP contribution in [-0.2, 0) is 0 Å². The normalized spacial score (nSPS) is 12.5. The molecule has 3 nitrogen and oxygen atoms in total. The molecule has 0 amide bonds. The van der Waals surface area contributed by atoms with Crippen LogP contribution in [0.4, 0.5) is 0 Å². The lowest BCUT2D eigenvalue weighted by Crippen LogP contribution is -2.49. The fourth-order valence-electron chi connectivity index (χ4n) is 1.05. The maximum atomic E-state index is 5.42. The Labute approximate surface area is 82.5 Å². The average molecular weight is 187 g/mol. The van der Waals surface area contributed by atoms with E-state index in [4.69, 9.17) is 5.73 Å². The summed E-state index contributed by atoms with van der Waals surface area (Å²) in [4.78, 5) is 0. The van der Waals surface area contributed by atoms with Crippen LogP contribution in [0.5, 0.6) is 0 Å². The van der Waals surface area contributed by atoms with Gasteiger partial charge in [-0.2, -0.15) is 0 Å². The van der Waals surface area contributed by atoms with Gasteiger partial charge in [-0.15, -0.1) is 0 Å². The van der Waals surface area contributed by atoms with Gasteiger partial charge >= 0.3 is 0 Å². The Hall–Kier alpha value is -0.120. The zero-order valence-electron chi connectivity index (χ0n) is 9.48. The van der Waals surface area contributed by atoms with E-state index in [1.807, 2.05) is 0 Å². The first-order valence-electron chi connectivity index (χ1n) is 5.16. The molecule has 0 spiro atoms. The van der Waals surface area contributed by atoms with E-state index in [9.17, 15) is 0 Å². The SMILES string of the molecule is CC(C)NCC(C)(C)NCCCN. The van der Waals surface area contributed by atoms with Crippen molar-refractivity contribution in [3.8, 4) is 0 Å². The molecule has 0 aromatic heterocycles. The minimum atomic E-state index is 0.166. The fourth-order valence-corrected chi connectivity index (χ4v) is 1.05. The molecule has 0 aliphatic heterocycles. The summed E-state index contributed by atoms with van der Waals surface area (Å²) >= 11 is 0. The standard InChI is InChI=1S/C10H25N3/c1-9(2)12-8-10(3,4)13-7-5-6-11/h9,12-13H,5-8,11H2,1-4H3. The lowest BCUT2D eigenvalue weighted by molar-refractivity contribution is 0.352. The summed E-state index contributed by atoms with van der Waals surface area (Å²) in [6.07, 6.45) is 1.05. The smallest absolute Gasteiger partial charge is 0.0249 e. The van der Waals surface area contributed by atoms with E-state index >= 15 is 0 Å². The summed E-state index contributed by atoms with van der Waals surface area (Å²) in [6, 6.07) is 0.551. The molecule has 0 fully saturated rings. The molecule has 0 rings (SSSR count). The summed E-state index contributed by atoms with van der Waals surface area (Å²) in [5.41, 5.74) is 5.59. The third-order valence-electron chi connectivity index (χ3n) is 1.94. The van der Waals surface area contributed by atoms with Crippen molar-refractivity contribution >= 4 is 0 Å². The Kier molecular flexibility index (Phi) is 6.29. The van der Waals surface area contributed by atoms with Crippen molar-refractivity contribution in [1.29, 1.82) is 0 Å². The van der Waals surface area contributed by atoms with E-state index in [2.05, 4.69) is 38.3 Å². The predicted octanol–water partition coefficient (Wildman–Crippen LogP) is 0.701. The Morgan fingerprint density at radius 1 is 1.31 bits per heavy atom. The number of nitrogens with one attached hydrogen (secondary N) is 2. The van der Waals surface area contributed by atoms with Crippen LogP contribution < -0.4 is 16.4 Å². The first kappa shape index (κ1) is 12.9. The van der Waals surface area contributed by atoms with Crippen LogP contribution in [0.2, 0.25) is 0 Å². The van der Waals surface area contributed by atoms with Gasteiger partial charge in [0.1, 0.15) is 0 Å². The fraction of sp³-hybridized carbons (Fsp3) is 1.00. The Bertz CT molecular complexity index is 121. The van der Waals surface area contributed by atoms with Crippen LogP contribution in [0.1, 0.15) is 34.1 Å². The Morgan fingerprint density at radius 2 is 1.92 bits per heavy atom. The molecule has 80 valence electrons. The summed E-state index contributed by atoms with van der Waals surface area (Å²) in [5.74, 6) is 0. The lowest BCUT2D eigenvalue weighted by Gasteiger charge is -2.28. The van der Waals surface area contributed by atoms with Crippen LogP contribution >= 0.6 is 0 Å². The number of hydrogen-bond donors (Lipinski definition) is 3. The molecule has 3 heteroatoms. The van der Waals surface area contributed by atoms with E-state index in [1.165, 1.54) is 0 Å². The van der Waals surface area contributed by atoms with E-state index in [1.54, 1.807) is 0 Å². The average Bonchev–Trinajstić information content (AvgIpc) is 2.02. The maximum absolute atomic E-state index is 5.42. The minimum Gasteiger partial charge on any atom is -0.330 e. The number of rotatable bonds is 7. The molecule has 0 aromatic rings.